The Morgan fingerprint density at radius 1 is 1.38 bits per heavy atom. The molecule has 2 rings (SSSR count). The standard InChI is InChI=1S/C12H12N2O6S/c1-21(19,20)6-4-8(12(17)18)14-10(15)7-3-2-5-13-9(7)11(14)16/h2-3,5,8H,4,6H2,1H3,(H,17,18). The first-order chi connectivity index (χ1) is 9.72. The van der Waals surface area contributed by atoms with Gasteiger partial charge in [0.05, 0.1) is 11.3 Å². The molecule has 0 saturated carbocycles. The average molecular weight is 312 g/mol. The second-order valence-corrected chi connectivity index (χ2v) is 6.91. The number of carbonyl (C=O) groups excluding carboxylic acids is 2. The molecule has 0 spiro atoms. The number of aliphatic carboxylic acids is 1. The van der Waals surface area contributed by atoms with Gasteiger partial charge < -0.3 is 5.11 Å². The lowest BCUT2D eigenvalue weighted by Gasteiger charge is -2.21. The van der Waals surface area contributed by atoms with Crippen LogP contribution in [0, 0.1) is 0 Å². The molecule has 0 bridgehead atoms. The fourth-order valence-corrected chi connectivity index (χ4v) is 2.71. The lowest BCUT2D eigenvalue weighted by molar-refractivity contribution is -0.141. The summed E-state index contributed by atoms with van der Waals surface area (Å²) in [7, 11) is -3.41. The molecule has 0 aliphatic carbocycles. The van der Waals surface area contributed by atoms with E-state index in [1.54, 1.807) is 0 Å². The van der Waals surface area contributed by atoms with Gasteiger partial charge in [-0.25, -0.2) is 13.2 Å². The molecule has 112 valence electrons. The van der Waals surface area contributed by atoms with Crippen LogP contribution in [0.3, 0.4) is 0 Å². The van der Waals surface area contributed by atoms with Gasteiger partial charge in [0, 0.05) is 12.5 Å². The zero-order valence-electron chi connectivity index (χ0n) is 11.0. The molecule has 8 nitrogen and oxygen atoms in total. The van der Waals surface area contributed by atoms with Crippen LogP contribution in [-0.4, -0.2) is 59.2 Å². The van der Waals surface area contributed by atoms with Crippen LogP contribution in [0.4, 0.5) is 0 Å². The molecular formula is C12H12N2O6S. The molecular weight excluding hydrogens is 300 g/mol. The van der Waals surface area contributed by atoms with Gasteiger partial charge in [-0.15, -0.1) is 0 Å². The summed E-state index contributed by atoms with van der Waals surface area (Å²) in [6.45, 7) is 0. The quantitative estimate of drug-likeness (QED) is 0.732. The molecule has 1 aromatic rings. The van der Waals surface area contributed by atoms with Crippen molar-refractivity contribution in [1.29, 1.82) is 0 Å². The Labute approximate surface area is 120 Å². The fraction of sp³-hybridized carbons (Fsp3) is 0.333. The van der Waals surface area contributed by atoms with Crippen LogP contribution >= 0.6 is 0 Å². The molecule has 2 amide bonds. The van der Waals surface area contributed by atoms with Crippen molar-refractivity contribution in [1.82, 2.24) is 9.88 Å². The molecule has 0 saturated heterocycles. The van der Waals surface area contributed by atoms with Crippen LogP contribution in [0.5, 0.6) is 0 Å². The Balaban J connectivity index is 2.33. The number of imide groups is 1. The monoisotopic (exact) mass is 312 g/mol. The molecule has 1 unspecified atom stereocenters. The largest absolute Gasteiger partial charge is 0.480 e. The van der Waals surface area contributed by atoms with Crippen LogP contribution in [0.15, 0.2) is 18.3 Å². The predicted octanol–water partition coefficient (Wildman–Crippen LogP) is -0.435. The minimum Gasteiger partial charge on any atom is -0.480 e. The van der Waals surface area contributed by atoms with Gasteiger partial charge in [0.15, 0.2) is 0 Å². The summed E-state index contributed by atoms with van der Waals surface area (Å²) in [5.74, 6) is -3.47. The molecule has 9 heteroatoms. The van der Waals surface area contributed by atoms with E-state index in [0.717, 1.165) is 6.26 Å². The van der Waals surface area contributed by atoms with Crippen LogP contribution in [0.2, 0.25) is 0 Å². The molecule has 2 heterocycles. The van der Waals surface area contributed by atoms with Gasteiger partial charge in [0.25, 0.3) is 11.8 Å². The van der Waals surface area contributed by atoms with E-state index in [1.165, 1.54) is 18.3 Å². The van der Waals surface area contributed by atoms with Crippen LogP contribution < -0.4 is 0 Å². The van der Waals surface area contributed by atoms with Crippen LogP contribution in [0.1, 0.15) is 27.3 Å². The third-order valence-corrected chi connectivity index (χ3v) is 4.01. The lowest BCUT2D eigenvalue weighted by atomic mass is 10.2. The van der Waals surface area contributed by atoms with Crippen molar-refractivity contribution in [2.24, 2.45) is 0 Å². The number of rotatable bonds is 5. The lowest BCUT2D eigenvalue weighted by Crippen LogP contribution is -2.45. The van der Waals surface area contributed by atoms with Crippen LogP contribution in [-0.2, 0) is 14.6 Å². The van der Waals surface area contributed by atoms with Gasteiger partial charge in [-0.1, -0.05) is 0 Å². The molecule has 0 fully saturated rings. The number of nitrogens with zero attached hydrogens (tertiary/aromatic N) is 2. The summed E-state index contributed by atoms with van der Waals surface area (Å²) >= 11 is 0. The molecule has 21 heavy (non-hydrogen) atoms. The number of carboxylic acid groups (broad SMARTS) is 1. The zero-order chi connectivity index (χ0) is 15.8. The first-order valence-electron chi connectivity index (χ1n) is 5.96. The number of hydrogen-bond donors (Lipinski definition) is 1. The summed E-state index contributed by atoms with van der Waals surface area (Å²) in [6.07, 6.45) is 1.91. The highest BCUT2D eigenvalue weighted by Crippen LogP contribution is 2.24. The number of hydrogen-bond acceptors (Lipinski definition) is 6. The maximum Gasteiger partial charge on any atom is 0.326 e. The Morgan fingerprint density at radius 3 is 2.57 bits per heavy atom. The van der Waals surface area contributed by atoms with Gasteiger partial charge in [-0.3, -0.25) is 19.5 Å². The number of fused-ring (bicyclic) bond motifs is 1. The molecule has 1 atom stereocenters. The third-order valence-electron chi connectivity index (χ3n) is 3.04. The van der Waals surface area contributed by atoms with Crippen molar-refractivity contribution in [3.8, 4) is 0 Å². The molecule has 1 aliphatic rings. The highest BCUT2D eigenvalue weighted by Gasteiger charge is 2.43. The van der Waals surface area contributed by atoms with E-state index in [4.69, 9.17) is 0 Å². The molecule has 0 radical (unpaired) electrons. The second kappa shape index (κ2) is 5.24. The summed E-state index contributed by atoms with van der Waals surface area (Å²) in [4.78, 5) is 39.9. The van der Waals surface area contributed by atoms with E-state index < -0.39 is 39.4 Å². The Bertz CT molecular complexity index is 692. The van der Waals surface area contributed by atoms with Gasteiger partial charge in [0.1, 0.15) is 21.6 Å². The van der Waals surface area contributed by atoms with Gasteiger partial charge in [-0.05, 0) is 18.6 Å². The van der Waals surface area contributed by atoms with Crippen molar-refractivity contribution in [2.45, 2.75) is 12.5 Å². The third kappa shape index (κ3) is 2.92. The van der Waals surface area contributed by atoms with E-state index >= 15 is 0 Å². The van der Waals surface area contributed by atoms with Gasteiger partial charge in [0.2, 0.25) is 0 Å². The SMILES string of the molecule is CS(=O)(=O)CCC(C(=O)O)N1C(=O)c2cccnc2C1=O. The number of amides is 2. The number of aromatic nitrogens is 1. The highest BCUT2D eigenvalue weighted by molar-refractivity contribution is 7.90. The average Bonchev–Trinajstić information content (AvgIpc) is 2.63. The van der Waals surface area contributed by atoms with E-state index in [-0.39, 0.29) is 17.7 Å². The molecule has 1 N–H and O–H groups in total. The normalized spacial score (nSPS) is 16.0. The zero-order valence-corrected chi connectivity index (χ0v) is 11.8. The second-order valence-electron chi connectivity index (χ2n) is 4.65. The molecule has 1 aromatic heterocycles. The van der Waals surface area contributed by atoms with Crippen molar-refractivity contribution < 1.29 is 27.9 Å². The number of carbonyl (C=O) groups is 3. The number of pyridine rings is 1. The maximum absolute atomic E-state index is 12.1. The number of carboxylic acids is 1. The van der Waals surface area contributed by atoms with Crippen LogP contribution in [0.25, 0.3) is 0 Å². The first-order valence-corrected chi connectivity index (χ1v) is 8.02. The molecule has 0 aromatic carbocycles. The van der Waals surface area contributed by atoms with Crippen molar-refractivity contribution in [3.63, 3.8) is 0 Å². The Kier molecular flexibility index (Phi) is 3.77. The minimum absolute atomic E-state index is 0.0214. The fourth-order valence-electron chi connectivity index (χ4n) is 2.06. The summed E-state index contributed by atoms with van der Waals surface area (Å²) in [5, 5.41) is 9.18. The van der Waals surface area contributed by atoms with E-state index in [0.29, 0.717) is 4.90 Å². The smallest absolute Gasteiger partial charge is 0.326 e. The minimum atomic E-state index is -3.41. The van der Waals surface area contributed by atoms with Crippen molar-refractivity contribution in [3.05, 3.63) is 29.6 Å². The topological polar surface area (TPSA) is 122 Å². The van der Waals surface area contributed by atoms with E-state index in [1.807, 2.05) is 0 Å². The van der Waals surface area contributed by atoms with Crippen molar-refractivity contribution in [2.75, 3.05) is 12.0 Å². The predicted molar refractivity (Wildman–Crippen MR) is 70.5 cm³/mol. The Morgan fingerprint density at radius 2 is 2.05 bits per heavy atom. The first kappa shape index (κ1) is 15.1. The number of sulfone groups is 1. The van der Waals surface area contributed by atoms with Gasteiger partial charge in [-0.2, -0.15) is 0 Å². The summed E-state index contributed by atoms with van der Waals surface area (Å²) in [5.41, 5.74) is -0.0961. The summed E-state index contributed by atoms with van der Waals surface area (Å²) < 4.78 is 22.3. The Hall–Kier alpha value is -2.29. The van der Waals surface area contributed by atoms with E-state index in [9.17, 15) is 27.9 Å². The highest BCUT2D eigenvalue weighted by atomic mass is 32.2. The summed E-state index contributed by atoms with van der Waals surface area (Å²) in [6, 6.07) is 1.30. The maximum atomic E-state index is 12.1. The molecule has 1 aliphatic heterocycles. The van der Waals surface area contributed by atoms with Crippen molar-refractivity contribution >= 4 is 27.6 Å². The van der Waals surface area contributed by atoms with E-state index in [2.05, 4.69) is 4.98 Å². The van der Waals surface area contributed by atoms with Gasteiger partial charge >= 0.3 is 5.97 Å².